The van der Waals surface area contributed by atoms with Gasteiger partial charge < -0.3 is 9.14 Å². The number of sulfonamides is 1. The number of hydrogen-bond acceptors (Lipinski definition) is 4. The van der Waals surface area contributed by atoms with Crippen LogP contribution in [0.2, 0.25) is 0 Å². The molecule has 0 spiro atoms. The third-order valence-corrected chi connectivity index (χ3v) is 5.57. The molecule has 28 heavy (non-hydrogen) atoms. The summed E-state index contributed by atoms with van der Waals surface area (Å²) in [5.74, 6) is 0.333. The lowest BCUT2D eigenvalue weighted by molar-refractivity contribution is 0.417. The minimum absolute atomic E-state index is 0.115. The van der Waals surface area contributed by atoms with Crippen LogP contribution in [0, 0.1) is 0 Å². The van der Waals surface area contributed by atoms with Crippen molar-refractivity contribution in [2.75, 3.05) is 11.8 Å². The van der Waals surface area contributed by atoms with E-state index in [0.29, 0.717) is 17.0 Å². The number of fused-ring (bicyclic) bond motifs is 1. The van der Waals surface area contributed by atoms with Gasteiger partial charge in [0.05, 0.1) is 24.2 Å². The molecule has 4 rings (SSSR count). The van der Waals surface area contributed by atoms with Crippen molar-refractivity contribution in [1.82, 2.24) is 9.38 Å². The molecule has 0 amide bonds. The molecule has 2 heterocycles. The molecule has 7 heteroatoms. The van der Waals surface area contributed by atoms with Crippen LogP contribution in [0.4, 0.5) is 5.69 Å². The quantitative estimate of drug-likeness (QED) is 0.538. The number of hydrogen-bond donors (Lipinski definition) is 1. The van der Waals surface area contributed by atoms with Gasteiger partial charge >= 0.3 is 0 Å². The molecule has 4 aromatic rings. The fraction of sp³-hybridized carbons (Fsp3) is 0.0952. The Hall–Kier alpha value is -3.32. The molecule has 142 valence electrons. The molecule has 0 unspecified atom stereocenters. The van der Waals surface area contributed by atoms with Crippen molar-refractivity contribution >= 4 is 21.4 Å². The van der Waals surface area contributed by atoms with Gasteiger partial charge in [-0.2, -0.15) is 0 Å². The molecule has 0 radical (unpaired) electrons. The van der Waals surface area contributed by atoms with E-state index in [1.165, 1.54) is 7.11 Å². The van der Waals surface area contributed by atoms with E-state index in [0.717, 1.165) is 16.9 Å². The van der Waals surface area contributed by atoms with E-state index in [-0.39, 0.29) is 5.75 Å². The summed E-state index contributed by atoms with van der Waals surface area (Å²) in [5, 5.41) is 0. The summed E-state index contributed by atoms with van der Waals surface area (Å²) in [6, 6.07) is 20.1. The van der Waals surface area contributed by atoms with Gasteiger partial charge in [-0.3, -0.25) is 4.72 Å². The summed E-state index contributed by atoms with van der Waals surface area (Å²) >= 11 is 0. The molecule has 0 aliphatic rings. The van der Waals surface area contributed by atoms with E-state index in [1.807, 2.05) is 59.3 Å². The standard InChI is InChI=1S/C21H19N3O3S/c1-27-20-11-10-17(19-14-24-12-6-5-9-21(24)22-19)13-18(20)23-28(25,26)15-16-7-3-2-4-8-16/h2-14,23H,15H2,1H3. The second-order valence-electron chi connectivity index (χ2n) is 6.35. The number of pyridine rings is 1. The molecular formula is C21H19N3O3S. The van der Waals surface area contributed by atoms with E-state index in [2.05, 4.69) is 9.71 Å². The first-order chi connectivity index (χ1) is 13.5. The minimum Gasteiger partial charge on any atom is -0.495 e. The summed E-state index contributed by atoms with van der Waals surface area (Å²) in [5.41, 5.74) is 3.46. The van der Waals surface area contributed by atoms with Crippen LogP contribution in [0.25, 0.3) is 16.9 Å². The average Bonchev–Trinajstić information content (AvgIpc) is 3.12. The lowest BCUT2D eigenvalue weighted by Gasteiger charge is -2.13. The molecular weight excluding hydrogens is 374 g/mol. The van der Waals surface area contributed by atoms with Gasteiger partial charge in [-0.1, -0.05) is 36.4 Å². The highest BCUT2D eigenvalue weighted by atomic mass is 32.2. The number of benzene rings is 2. The number of imidazole rings is 1. The van der Waals surface area contributed by atoms with Crippen molar-refractivity contribution in [3.05, 3.63) is 84.7 Å². The number of nitrogens with one attached hydrogen (secondary N) is 1. The molecule has 6 nitrogen and oxygen atoms in total. The number of nitrogens with zero attached hydrogens (tertiary/aromatic N) is 2. The zero-order chi connectivity index (χ0) is 19.6. The van der Waals surface area contributed by atoms with Gasteiger partial charge in [0.2, 0.25) is 10.0 Å². The van der Waals surface area contributed by atoms with Gasteiger partial charge in [0.25, 0.3) is 0 Å². The average molecular weight is 393 g/mol. The summed E-state index contributed by atoms with van der Waals surface area (Å²) in [7, 11) is -2.09. The maximum Gasteiger partial charge on any atom is 0.237 e. The van der Waals surface area contributed by atoms with E-state index in [9.17, 15) is 8.42 Å². The maximum atomic E-state index is 12.6. The van der Waals surface area contributed by atoms with Gasteiger partial charge in [-0.05, 0) is 35.9 Å². The first-order valence-corrected chi connectivity index (χ1v) is 10.4. The predicted molar refractivity (Wildman–Crippen MR) is 110 cm³/mol. The van der Waals surface area contributed by atoms with Crippen LogP contribution in [0.5, 0.6) is 5.75 Å². The number of rotatable bonds is 6. The third-order valence-electron chi connectivity index (χ3n) is 4.32. The van der Waals surface area contributed by atoms with E-state index in [1.54, 1.807) is 24.3 Å². The van der Waals surface area contributed by atoms with E-state index >= 15 is 0 Å². The van der Waals surface area contributed by atoms with Gasteiger partial charge in [-0.15, -0.1) is 0 Å². The highest BCUT2D eigenvalue weighted by molar-refractivity contribution is 7.91. The van der Waals surface area contributed by atoms with Crippen molar-refractivity contribution in [3.63, 3.8) is 0 Å². The largest absolute Gasteiger partial charge is 0.495 e. The number of ether oxygens (including phenoxy) is 1. The van der Waals surface area contributed by atoms with E-state index in [4.69, 9.17) is 4.74 Å². The Morgan fingerprint density at radius 2 is 1.82 bits per heavy atom. The highest BCUT2D eigenvalue weighted by Crippen LogP contribution is 2.31. The SMILES string of the molecule is COc1ccc(-c2cn3ccccc3n2)cc1NS(=O)(=O)Cc1ccccc1. The first kappa shape index (κ1) is 18.1. The normalized spacial score (nSPS) is 11.5. The molecule has 0 fully saturated rings. The van der Waals surface area contributed by atoms with Crippen LogP contribution in [-0.4, -0.2) is 24.9 Å². The van der Waals surface area contributed by atoms with Crippen molar-refractivity contribution in [3.8, 4) is 17.0 Å². The smallest absolute Gasteiger partial charge is 0.237 e. The Kier molecular flexibility index (Phi) is 4.75. The van der Waals surface area contributed by atoms with Crippen LogP contribution in [0.15, 0.2) is 79.1 Å². The number of methoxy groups -OCH3 is 1. The van der Waals surface area contributed by atoms with Crippen LogP contribution in [0.1, 0.15) is 5.56 Å². The maximum absolute atomic E-state index is 12.6. The molecule has 0 bridgehead atoms. The Morgan fingerprint density at radius 3 is 2.57 bits per heavy atom. The summed E-state index contributed by atoms with van der Waals surface area (Å²) in [6.07, 6.45) is 3.82. The monoisotopic (exact) mass is 393 g/mol. The number of aromatic nitrogens is 2. The predicted octanol–water partition coefficient (Wildman–Crippen LogP) is 3.95. The zero-order valence-corrected chi connectivity index (χ0v) is 16.1. The van der Waals surface area contributed by atoms with Crippen molar-refractivity contribution in [2.24, 2.45) is 0 Å². The fourth-order valence-electron chi connectivity index (χ4n) is 3.02. The summed E-state index contributed by atoms with van der Waals surface area (Å²) in [6.45, 7) is 0. The molecule has 0 aliphatic carbocycles. The Morgan fingerprint density at radius 1 is 1.04 bits per heavy atom. The van der Waals surface area contributed by atoms with Crippen LogP contribution >= 0.6 is 0 Å². The zero-order valence-electron chi connectivity index (χ0n) is 15.2. The molecule has 2 aromatic carbocycles. The van der Waals surface area contributed by atoms with Crippen molar-refractivity contribution in [2.45, 2.75) is 5.75 Å². The van der Waals surface area contributed by atoms with Crippen molar-refractivity contribution < 1.29 is 13.2 Å². The van der Waals surface area contributed by atoms with Gasteiger partial charge in [0, 0.05) is 18.0 Å². The van der Waals surface area contributed by atoms with Gasteiger partial charge in [-0.25, -0.2) is 13.4 Å². The molecule has 0 saturated carbocycles. The minimum atomic E-state index is -3.60. The Labute approximate surface area is 163 Å². The molecule has 1 N–H and O–H groups in total. The molecule has 2 aromatic heterocycles. The lowest BCUT2D eigenvalue weighted by atomic mass is 10.1. The molecule has 0 atom stereocenters. The lowest BCUT2D eigenvalue weighted by Crippen LogP contribution is -2.15. The topological polar surface area (TPSA) is 72.7 Å². The second kappa shape index (κ2) is 7.36. The van der Waals surface area contributed by atoms with E-state index < -0.39 is 10.0 Å². The molecule has 0 saturated heterocycles. The summed E-state index contributed by atoms with van der Waals surface area (Å²) in [4.78, 5) is 4.59. The number of anilines is 1. The highest BCUT2D eigenvalue weighted by Gasteiger charge is 2.16. The van der Waals surface area contributed by atoms with Crippen molar-refractivity contribution in [1.29, 1.82) is 0 Å². The summed E-state index contributed by atoms with van der Waals surface area (Å²) < 4.78 is 35.2. The van der Waals surface area contributed by atoms with Gasteiger partial charge in [0.15, 0.2) is 0 Å². The van der Waals surface area contributed by atoms with Gasteiger partial charge in [0.1, 0.15) is 11.4 Å². The first-order valence-electron chi connectivity index (χ1n) is 8.71. The molecule has 0 aliphatic heterocycles. The second-order valence-corrected chi connectivity index (χ2v) is 8.08. The Bertz CT molecular complexity index is 1190. The third kappa shape index (κ3) is 3.84. The Balaban J connectivity index is 1.67. The van der Waals surface area contributed by atoms with Crippen LogP contribution < -0.4 is 9.46 Å². The fourth-order valence-corrected chi connectivity index (χ4v) is 4.22. The van der Waals surface area contributed by atoms with Crippen LogP contribution in [0.3, 0.4) is 0 Å². The van der Waals surface area contributed by atoms with Crippen LogP contribution in [-0.2, 0) is 15.8 Å².